The molecule has 0 aliphatic rings. The number of carbonyl (C=O) groups excluding carboxylic acids is 1. The molecule has 5 nitrogen and oxygen atoms in total. The van der Waals surface area contributed by atoms with E-state index in [9.17, 15) is 14.3 Å². The molecular formula is C18H24FN3O2. The number of hydrogen-bond donors (Lipinski definition) is 2. The fourth-order valence-corrected chi connectivity index (χ4v) is 2.52. The van der Waals surface area contributed by atoms with Crippen molar-refractivity contribution in [3.05, 3.63) is 53.1 Å². The number of rotatable bonds is 4. The third-order valence-electron chi connectivity index (χ3n) is 3.81. The molecule has 1 atom stereocenters. The third kappa shape index (κ3) is 4.00. The summed E-state index contributed by atoms with van der Waals surface area (Å²) < 4.78 is 14.8. The van der Waals surface area contributed by atoms with Crippen molar-refractivity contribution in [3.8, 4) is 0 Å². The minimum absolute atomic E-state index is 0.00110. The van der Waals surface area contributed by atoms with Crippen LogP contribution in [-0.2, 0) is 11.1 Å². The van der Waals surface area contributed by atoms with Gasteiger partial charge in [-0.25, -0.2) is 4.39 Å². The zero-order valence-electron chi connectivity index (χ0n) is 14.7. The van der Waals surface area contributed by atoms with Gasteiger partial charge in [-0.15, -0.1) is 0 Å². The SMILES string of the molecule is Cc1cc(C(=O)NCC(C)(O)c2ccc(F)cc2)nn1C(C)(C)C. The van der Waals surface area contributed by atoms with Crippen LogP contribution in [0.5, 0.6) is 0 Å². The van der Waals surface area contributed by atoms with Crippen LogP contribution in [0.2, 0.25) is 0 Å². The number of aromatic nitrogens is 2. The highest BCUT2D eigenvalue weighted by Gasteiger charge is 2.25. The van der Waals surface area contributed by atoms with Gasteiger partial charge in [0.1, 0.15) is 17.1 Å². The summed E-state index contributed by atoms with van der Waals surface area (Å²) in [5, 5.41) is 17.5. The summed E-state index contributed by atoms with van der Waals surface area (Å²) in [7, 11) is 0. The van der Waals surface area contributed by atoms with E-state index in [1.165, 1.54) is 24.3 Å². The van der Waals surface area contributed by atoms with Crippen molar-refractivity contribution < 1.29 is 14.3 Å². The Morgan fingerprint density at radius 2 is 1.83 bits per heavy atom. The summed E-state index contributed by atoms with van der Waals surface area (Å²) in [6, 6.07) is 7.27. The first kappa shape index (κ1) is 18.1. The molecule has 2 rings (SSSR count). The van der Waals surface area contributed by atoms with Gasteiger partial charge in [-0.1, -0.05) is 12.1 Å². The quantitative estimate of drug-likeness (QED) is 0.904. The minimum Gasteiger partial charge on any atom is -0.384 e. The van der Waals surface area contributed by atoms with E-state index >= 15 is 0 Å². The van der Waals surface area contributed by atoms with E-state index in [4.69, 9.17) is 0 Å². The highest BCUT2D eigenvalue weighted by molar-refractivity contribution is 5.92. The molecule has 1 aromatic carbocycles. The molecule has 2 aromatic rings. The van der Waals surface area contributed by atoms with Crippen LogP contribution in [0.3, 0.4) is 0 Å². The summed E-state index contributed by atoms with van der Waals surface area (Å²) >= 11 is 0. The molecule has 0 bridgehead atoms. The Morgan fingerprint density at radius 1 is 1.25 bits per heavy atom. The van der Waals surface area contributed by atoms with E-state index < -0.39 is 5.60 Å². The van der Waals surface area contributed by atoms with E-state index in [2.05, 4.69) is 10.4 Å². The van der Waals surface area contributed by atoms with Gasteiger partial charge in [-0.3, -0.25) is 9.48 Å². The average Bonchev–Trinajstić information content (AvgIpc) is 2.87. The molecule has 0 radical (unpaired) electrons. The molecule has 6 heteroatoms. The predicted molar refractivity (Wildman–Crippen MR) is 90.3 cm³/mol. The summed E-state index contributed by atoms with van der Waals surface area (Å²) in [4.78, 5) is 12.3. The largest absolute Gasteiger partial charge is 0.384 e. The van der Waals surface area contributed by atoms with Crippen LogP contribution in [-0.4, -0.2) is 27.3 Å². The Labute approximate surface area is 141 Å². The van der Waals surface area contributed by atoms with Gasteiger partial charge in [-0.05, 0) is 58.4 Å². The molecule has 1 aromatic heterocycles. The lowest BCUT2D eigenvalue weighted by Gasteiger charge is -2.24. The maximum atomic E-state index is 13.0. The molecule has 0 saturated carbocycles. The van der Waals surface area contributed by atoms with Crippen LogP contribution < -0.4 is 5.32 Å². The number of hydrogen-bond acceptors (Lipinski definition) is 3. The van der Waals surface area contributed by atoms with Gasteiger partial charge >= 0.3 is 0 Å². The maximum absolute atomic E-state index is 13.0. The van der Waals surface area contributed by atoms with Gasteiger partial charge in [0.25, 0.3) is 5.91 Å². The summed E-state index contributed by atoms with van der Waals surface area (Å²) in [5.41, 5.74) is 0.198. The normalized spacial score (nSPS) is 14.3. The number of carbonyl (C=O) groups is 1. The Kier molecular flexibility index (Phi) is 4.80. The van der Waals surface area contributed by atoms with E-state index in [0.717, 1.165) is 5.69 Å². The molecular weight excluding hydrogens is 309 g/mol. The Morgan fingerprint density at radius 3 is 2.33 bits per heavy atom. The van der Waals surface area contributed by atoms with E-state index in [1.807, 2.05) is 27.7 Å². The van der Waals surface area contributed by atoms with Crippen LogP contribution in [0.1, 0.15) is 49.4 Å². The Bertz CT molecular complexity index is 728. The smallest absolute Gasteiger partial charge is 0.271 e. The lowest BCUT2D eigenvalue weighted by molar-refractivity contribution is 0.0524. The number of benzene rings is 1. The molecule has 0 saturated heterocycles. The standard InChI is InChI=1S/C18H24FN3O2/c1-12-10-15(21-22(12)17(2,3)4)16(23)20-11-18(5,24)13-6-8-14(19)9-7-13/h6-10,24H,11H2,1-5H3,(H,20,23). The molecule has 0 fully saturated rings. The zero-order valence-corrected chi connectivity index (χ0v) is 14.7. The monoisotopic (exact) mass is 333 g/mol. The van der Waals surface area contributed by atoms with Crippen molar-refractivity contribution in [2.75, 3.05) is 6.54 Å². The van der Waals surface area contributed by atoms with Crippen molar-refractivity contribution in [1.29, 1.82) is 0 Å². The van der Waals surface area contributed by atoms with Gasteiger partial charge in [0, 0.05) is 5.69 Å². The number of aliphatic hydroxyl groups is 1. The summed E-state index contributed by atoms with van der Waals surface area (Å²) in [6.45, 7) is 9.48. The first-order valence-corrected chi connectivity index (χ1v) is 7.84. The maximum Gasteiger partial charge on any atom is 0.271 e. The van der Waals surface area contributed by atoms with Crippen LogP contribution in [0.25, 0.3) is 0 Å². The topological polar surface area (TPSA) is 67.2 Å². The number of amides is 1. The van der Waals surface area contributed by atoms with Gasteiger partial charge in [0.05, 0.1) is 12.1 Å². The highest BCUT2D eigenvalue weighted by Crippen LogP contribution is 2.20. The second kappa shape index (κ2) is 6.36. The van der Waals surface area contributed by atoms with Crippen LogP contribution in [0.15, 0.2) is 30.3 Å². The fraction of sp³-hybridized carbons (Fsp3) is 0.444. The first-order valence-electron chi connectivity index (χ1n) is 7.84. The second-order valence-electron chi connectivity index (χ2n) is 7.22. The predicted octanol–water partition coefficient (Wildman–Crippen LogP) is 2.72. The van der Waals surface area contributed by atoms with E-state index in [0.29, 0.717) is 11.3 Å². The van der Waals surface area contributed by atoms with Crippen LogP contribution in [0, 0.1) is 12.7 Å². The Balaban J connectivity index is 2.09. The van der Waals surface area contributed by atoms with Gasteiger partial charge < -0.3 is 10.4 Å². The molecule has 130 valence electrons. The van der Waals surface area contributed by atoms with Crippen molar-refractivity contribution in [3.63, 3.8) is 0 Å². The van der Waals surface area contributed by atoms with Crippen molar-refractivity contribution in [2.45, 2.75) is 45.8 Å². The van der Waals surface area contributed by atoms with Crippen LogP contribution in [0.4, 0.5) is 4.39 Å². The van der Waals surface area contributed by atoms with E-state index in [1.54, 1.807) is 17.7 Å². The first-order chi connectivity index (χ1) is 11.0. The Hall–Kier alpha value is -2.21. The molecule has 24 heavy (non-hydrogen) atoms. The van der Waals surface area contributed by atoms with E-state index in [-0.39, 0.29) is 23.8 Å². The molecule has 2 N–H and O–H groups in total. The highest BCUT2D eigenvalue weighted by atomic mass is 19.1. The second-order valence-corrected chi connectivity index (χ2v) is 7.22. The molecule has 1 amide bonds. The van der Waals surface area contributed by atoms with Gasteiger partial charge in [-0.2, -0.15) is 5.10 Å². The third-order valence-corrected chi connectivity index (χ3v) is 3.81. The lowest BCUT2D eigenvalue weighted by atomic mass is 9.96. The van der Waals surface area contributed by atoms with Gasteiger partial charge in [0.2, 0.25) is 0 Å². The summed E-state index contributed by atoms with van der Waals surface area (Å²) in [5.74, 6) is -0.731. The molecule has 1 heterocycles. The number of aryl methyl sites for hydroxylation is 1. The van der Waals surface area contributed by atoms with Gasteiger partial charge in [0.15, 0.2) is 0 Å². The number of nitrogens with zero attached hydrogens (tertiary/aromatic N) is 2. The molecule has 0 aliphatic carbocycles. The summed E-state index contributed by atoms with van der Waals surface area (Å²) in [6.07, 6.45) is 0. The minimum atomic E-state index is -1.30. The average molecular weight is 333 g/mol. The molecule has 1 unspecified atom stereocenters. The number of nitrogens with one attached hydrogen (secondary N) is 1. The zero-order chi connectivity index (χ0) is 18.1. The molecule has 0 spiro atoms. The van der Waals surface area contributed by atoms with Crippen molar-refractivity contribution in [2.24, 2.45) is 0 Å². The number of halogens is 1. The van der Waals surface area contributed by atoms with Crippen molar-refractivity contribution >= 4 is 5.91 Å². The molecule has 0 aliphatic heterocycles. The lowest BCUT2D eigenvalue weighted by Crippen LogP contribution is -2.39. The van der Waals surface area contributed by atoms with Crippen molar-refractivity contribution in [1.82, 2.24) is 15.1 Å². The fourth-order valence-electron chi connectivity index (χ4n) is 2.52. The van der Waals surface area contributed by atoms with Crippen LogP contribution >= 0.6 is 0 Å².